The first-order chi connectivity index (χ1) is 10.0. The Morgan fingerprint density at radius 3 is 2.57 bits per heavy atom. The summed E-state index contributed by atoms with van der Waals surface area (Å²) in [5.74, 6) is 0. The molecule has 0 radical (unpaired) electrons. The van der Waals surface area contributed by atoms with E-state index in [0.717, 1.165) is 13.0 Å². The fourth-order valence-corrected chi connectivity index (χ4v) is 4.00. The van der Waals surface area contributed by atoms with Crippen LogP contribution in [0.2, 0.25) is 0 Å². The summed E-state index contributed by atoms with van der Waals surface area (Å²) in [5, 5.41) is 2.17. The summed E-state index contributed by atoms with van der Waals surface area (Å²) in [7, 11) is 2.18. The quantitative estimate of drug-likeness (QED) is 0.863. The van der Waals surface area contributed by atoms with Gasteiger partial charge in [-0.05, 0) is 49.9 Å². The summed E-state index contributed by atoms with van der Waals surface area (Å²) in [6.07, 6.45) is 0.986. The zero-order valence-electron chi connectivity index (χ0n) is 13.5. The highest BCUT2D eigenvalue weighted by molar-refractivity contribution is 7.10. The van der Waals surface area contributed by atoms with Crippen LogP contribution >= 0.6 is 11.3 Å². The number of benzene rings is 1. The lowest BCUT2D eigenvalue weighted by Gasteiger charge is -2.32. The van der Waals surface area contributed by atoms with Crippen molar-refractivity contribution in [1.82, 2.24) is 4.90 Å². The standard InChI is InChI=1S/C18H26N2S/c1-5-16(19)17(18-14(3)9-10-21-18)20(4)12-15-8-6-7-13(2)11-15/h6-11,16-17H,5,12,19H2,1-4H3. The zero-order chi connectivity index (χ0) is 15.4. The molecule has 2 aromatic rings. The molecular formula is C18H26N2S. The minimum absolute atomic E-state index is 0.164. The molecule has 2 atom stereocenters. The van der Waals surface area contributed by atoms with E-state index in [2.05, 4.69) is 68.4 Å². The van der Waals surface area contributed by atoms with Crippen LogP contribution in [0.5, 0.6) is 0 Å². The van der Waals surface area contributed by atoms with Crippen molar-refractivity contribution in [3.8, 4) is 0 Å². The molecule has 2 rings (SSSR count). The second-order valence-corrected chi connectivity index (χ2v) is 6.84. The van der Waals surface area contributed by atoms with Gasteiger partial charge in [-0.1, -0.05) is 36.8 Å². The van der Waals surface area contributed by atoms with Gasteiger partial charge in [-0.15, -0.1) is 11.3 Å². The first-order valence-electron chi connectivity index (χ1n) is 7.58. The highest BCUT2D eigenvalue weighted by Crippen LogP contribution is 2.32. The fourth-order valence-electron chi connectivity index (χ4n) is 2.83. The third-order valence-corrected chi connectivity index (χ3v) is 5.13. The molecule has 0 aliphatic rings. The molecule has 0 fully saturated rings. The second-order valence-electron chi connectivity index (χ2n) is 5.89. The molecule has 3 heteroatoms. The van der Waals surface area contributed by atoms with Gasteiger partial charge in [-0.3, -0.25) is 4.90 Å². The van der Waals surface area contributed by atoms with E-state index in [1.165, 1.54) is 21.6 Å². The molecule has 0 aliphatic carbocycles. The van der Waals surface area contributed by atoms with E-state index in [0.29, 0.717) is 0 Å². The molecule has 0 spiro atoms. The smallest absolute Gasteiger partial charge is 0.0596 e. The molecule has 2 unspecified atom stereocenters. The van der Waals surface area contributed by atoms with Crippen LogP contribution in [0, 0.1) is 13.8 Å². The number of rotatable bonds is 6. The topological polar surface area (TPSA) is 29.3 Å². The van der Waals surface area contributed by atoms with Crippen LogP contribution in [0.4, 0.5) is 0 Å². The Bertz CT molecular complexity index is 576. The molecule has 1 aromatic carbocycles. The predicted molar refractivity (Wildman–Crippen MR) is 92.7 cm³/mol. The molecule has 2 nitrogen and oxygen atoms in total. The Morgan fingerprint density at radius 1 is 1.24 bits per heavy atom. The second kappa shape index (κ2) is 7.21. The van der Waals surface area contributed by atoms with Gasteiger partial charge < -0.3 is 5.73 Å². The molecule has 114 valence electrons. The minimum Gasteiger partial charge on any atom is -0.326 e. The van der Waals surface area contributed by atoms with Crippen molar-refractivity contribution >= 4 is 11.3 Å². The van der Waals surface area contributed by atoms with Crippen molar-refractivity contribution in [2.45, 2.75) is 45.8 Å². The number of nitrogens with zero attached hydrogens (tertiary/aromatic N) is 1. The predicted octanol–water partition coefficient (Wildman–Crippen LogP) is 4.28. The average molecular weight is 302 g/mol. The van der Waals surface area contributed by atoms with Crippen LogP contribution in [-0.4, -0.2) is 18.0 Å². The number of thiophene rings is 1. The van der Waals surface area contributed by atoms with Gasteiger partial charge >= 0.3 is 0 Å². The molecule has 0 amide bonds. The summed E-state index contributed by atoms with van der Waals surface area (Å²) < 4.78 is 0. The normalized spacial score (nSPS) is 14.4. The Labute approximate surface area is 132 Å². The number of aryl methyl sites for hydroxylation is 2. The molecule has 2 N–H and O–H groups in total. The third-order valence-electron chi connectivity index (χ3n) is 4.04. The highest BCUT2D eigenvalue weighted by atomic mass is 32.1. The van der Waals surface area contributed by atoms with Gasteiger partial charge in [0.1, 0.15) is 0 Å². The maximum atomic E-state index is 6.43. The summed E-state index contributed by atoms with van der Waals surface area (Å²) in [6, 6.07) is 11.4. The van der Waals surface area contributed by atoms with Crippen molar-refractivity contribution in [1.29, 1.82) is 0 Å². The summed E-state index contributed by atoms with van der Waals surface area (Å²) in [6.45, 7) is 7.42. The van der Waals surface area contributed by atoms with E-state index in [9.17, 15) is 0 Å². The van der Waals surface area contributed by atoms with Gasteiger partial charge in [-0.25, -0.2) is 0 Å². The maximum Gasteiger partial charge on any atom is 0.0596 e. The van der Waals surface area contributed by atoms with Gasteiger partial charge in [0.25, 0.3) is 0 Å². The van der Waals surface area contributed by atoms with Crippen molar-refractivity contribution < 1.29 is 0 Å². The zero-order valence-corrected chi connectivity index (χ0v) is 14.3. The van der Waals surface area contributed by atoms with Crippen LogP contribution in [0.25, 0.3) is 0 Å². The molecule has 21 heavy (non-hydrogen) atoms. The Hall–Kier alpha value is -1.16. The lowest BCUT2D eigenvalue weighted by Crippen LogP contribution is -2.38. The van der Waals surface area contributed by atoms with E-state index in [-0.39, 0.29) is 12.1 Å². The lowest BCUT2D eigenvalue weighted by atomic mass is 10.00. The molecule has 0 saturated heterocycles. The fraction of sp³-hybridized carbons (Fsp3) is 0.444. The minimum atomic E-state index is 0.164. The van der Waals surface area contributed by atoms with E-state index in [1.54, 1.807) is 0 Å². The van der Waals surface area contributed by atoms with Gasteiger partial charge in [0.15, 0.2) is 0 Å². The van der Waals surface area contributed by atoms with Gasteiger partial charge in [-0.2, -0.15) is 0 Å². The van der Waals surface area contributed by atoms with Crippen LogP contribution in [-0.2, 0) is 6.54 Å². The van der Waals surface area contributed by atoms with Crippen LogP contribution < -0.4 is 5.73 Å². The first-order valence-corrected chi connectivity index (χ1v) is 8.46. The lowest BCUT2D eigenvalue weighted by molar-refractivity contribution is 0.204. The van der Waals surface area contributed by atoms with Gasteiger partial charge in [0.05, 0.1) is 6.04 Å². The van der Waals surface area contributed by atoms with E-state index >= 15 is 0 Å². The van der Waals surface area contributed by atoms with Crippen LogP contribution in [0.15, 0.2) is 35.7 Å². The third kappa shape index (κ3) is 3.94. The number of hydrogen-bond acceptors (Lipinski definition) is 3. The molecule has 0 aliphatic heterocycles. The summed E-state index contributed by atoms with van der Waals surface area (Å²) in [5.41, 5.74) is 10.4. The highest BCUT2D eigenvalue weighted by Gasteiger charge is 2.25. The summed E-state index contributed by atoms with van der Waals surface area (Å²) >= 11 is 1.82. The van der Waals surface area contributed by atoms with E-state index in [4.69, 9.17) is 5.73 Å². The Morgan fingerprint density at radius 2 is 2.00 bits per heavy atom. The average Bonchev–Trinajstić information content (AvgIpc) is 2.85. The van der Waals surface area contributed by atoms with Gasteiger partial charge in [0, 0.05) is 17.5 Å². The summed E-state index contributed by atoms with van der Waals surface area (Å²) in [4.78, 5) is 3.79. The van der Waals surface area contributed by atoms with Crippen LogP contribution in [0.1, 0.15) is 41.0 Å². The first kappa shape index (κ1) is 16.2. The molecule has 1 aromatic heterocycles. The Kier molecular flexibility index (Phi) is 5.57. The van der Waals surface area contributed by atoms with Crippen molar-refractivity contribution in [3.63, 3.8) is 0 Å². The molecule has 0 bridgehead atoms. The van der Waals surface area contributed by atoms with Gasteiger partial charge in [0.2, 0.25) is 0 Å². The van der Waals surface area contributed by atoms with E-state index < -0.39 is 0 Å². The van der Waals surface area contributed by atoms with Crippen LogP contribution in [0.3, 0.4) is 0 Å². The molecular weight excluding hydrogens is 276 g/mol. The number of likely N-dealkylation sites (N-methyl/N-ethyl adjacent to an activating group) is 1. The largest absolute Gasteiger partial charge is 0.326 e. The Balaban J connectivity index is 2.23. The molecule has 1 heterocycles. The van der Waals surface area contributed by atoms with Crippen molar-refractivity contribution in [2.24, 2.45) is 5.73 Å². The monoisotopic (exact) mass is 302 g/mol. The molecule has 0 saturated carbocycles. The maximum absolute atomic E-state index is 6.43. The van der Waals surface area contributed by atoms with E-state index in [1.807, 2.05) is 11.3 Å². The number of nitrogens with two attached hydrogens (primary N) is 1. The SMILES string of the molecule is CCC(N)C(c1sccc1C)N(C)Cc1cccc(C)c1. The van der Waals surface area contributed by atoms with Crippen molar-refractivity contribution in [3.05, 3.63) is 57.3 Å². The number of hydrogen-bond donors (Lipinski definition) is 1. The van der Waals surface area contributed by atoms with Crippen molar-refractivity contribution in [2.75, 3.05) is 7.05 Å².